The fourth-order valence-corrected chi connectivity index (χ4v) is 2.60. The Balaban J connectivity index is 2.43. The first kappa shape index (κ1) is 7.56. The molecule has 0 bridgehead atoms. The highest BCUT2D eigenvalue weighted by Gasteiger charge is 2.08. The van der Waals surface area contributed by atoms with Gasteiger partial charge in [-0.2, -0.15) is 0 Å². The molecule has 0 fully saturated rings. The SMILES string of the molecule is Sc1ccc2c(c1)CCCS2. The molecule has 0 saturated carbocycles. The zero-order chi connectivity index (χ0) is 7.68. The van der Waals surface area contributed by atoms with Crippen molar-refractivity contribution in [2.24, 2.45) is 0 Å². The van der Waals surface area contributed by atoms with Gasteiger partial charge in [-0.05, 0) is 42.4 Å². The Kier molecular flexibility index (Phi) is 2.14. The van der Waals surface area contributed by atoms with Gasteiger partial charge in [0.1, 0.15) is 0 Å². The molecule has 0 N–H and O–H groups in total. The quantitative estimate of drug-likeness (QED) is 0.602. The van der Waals surface area contributed by atoms with Crippen molar-refractivity contribution in [3.8, 4) is 0 Å². The summed E-state index contributed by atoms with van der Waals surface area (Å²) in [7, 11) is 0. The van der Waals surface area contributed by atoms with Crippen molar-refractivity contribution in [2.75, 3.05) is 5.75 Å². The molecule has 2 rings (SSSR count). The molecule has 0 aliphatic carbocycles. The van der Waals surface area contributed by atoms with Gasteiger partial charge in [-0.1, -0.05) is 0 Å². The molecule has 0 atom stereocenters. The zero-order valence-electron chi connectivity index (χ0n) is 6.21. The van der Waals surface area contributed by atoms with Crippen LogP contribution in [0.2, 0.25) is 0 Å². The van der Waals surface area contributed by atoms with Crippen molar-refractivity contribution < 1.29 is 0 Å². The smallest absolute Gasteiger partial charge is 0.0105 e. The Morgan fingerprint density at radius 3 is 3.18 bits per heavy atom. The Bertz CT molecular complexity index is 268. The topological polar surface area (TPSA) is 0 Å². The first-order chi connectivity index (χ1) is 5.36. The Morgan fingerprint density at radius 2 is 2.27 bits per heavy atom. The molecule has 0 spiro atoms. The molecule has 0 aromatic heterocycles. The molecule has 2 heteroatoms. The maximum atomic E-state index is 4.31. The molecule has 58 valence electrons. The van der Waals surface area contributed by atoms with E-state index >= 15 is 0 Å². The first-order valence-electron chi connectivity index (χ1n) is 3.81. The standard InChI is InChI=1S/C9H10S2/c10-8-3-4-9-7(6-8)2-1-5-11-9/h3-4,6,10H,1-2,5H2. The number of thioether (sulfide) groups is 1. The first-order valence-corrected chi connectivity index (χ1v) is 5.24. The predicted molar refractivity (Wildman–Crippen MR) is 52.7 cm³/mol. The van der Waals surface area contributed by atoms with Gasteiger partial charge in [0.2, 0.25) is 0 Å². The minimum Gasteiger partial charge on any atom is -0.143 e. The van der Waals surface area contributed by atoms with Crippen LogP contribution in [0.4, 0.5) is 0 Å². The third-order valence-corrected chi connectivity index (χ3v) is 3.37. The normalized spacial score (nSPS) is 16.1. The Morgan fingerprint density at radius 1 is 1.36 bits per heavy atom. The number of thiol groups is 1. The largest absolute Gasteiger partial charge is 0.143 e. The van der Waals surface area contributed by atoms with E-state index < -0.39 is 0 Å². The molecular formula is C9H10S2. The monoisotopic (exact) mass is 182 g/mol. The van der Waals surface area contributed by atoms with Crippen LogP contribution in [0.15, 0.2) is 28.0 Å². The molecule has 0 saturated heterocycles. The van der Waals surface area contributed by atoms with Crippen LogP contribution < -0.4 is 0 Å². The van der Waals surface area contributed by atoms with Gasteiger partial charge in [-0.3, -0.25) is 0 Å². The maximum absolute atomic E-state index is 4.31. The van der Waals surface area contributed by atoms with E-state index in [0.717, 1.165) is 4.90 Å². The molecule has 1 aliphatic heterocycles. The van der Waals surface area contributed by atoms with Crippen molar-refractivity contribution in [2.45, 2.75) is 22.6 Å². The lowest BCUT2D eigenvalue weighted by molar-refractivity contribution is 0.884. The Labute approximate surface area is 76.8 Å². The van der Waals surface area contributed by atoms with Gasteiger partial charge in [-0.25, -0.2) is 0 Å². The van der Waals surface area contributed by atoms with E-state index in [1.165, 1.54) is 29.1 Å². The van der Waals surface area contributed by atoms with E-state index in [4.69, 9.17) is 0 Å². The number of rotatable bonds is 0. The van der Waals surface area contributed by atoms with Gasteiger partial charge >= 0.3 is 0 Å². The summed E-state index contributed by atoms with van der Waals surface area (Å²) in [4.78, 5) is 2.54. The van der Waals surface area contributed by atoms with E-state index in [2.05, 4.69) is 30.8 Å². The predicted octanol–water partition coefficient (Wildman–Crippen LogP) is 3.01. The second-order valence-corrected chi connectivity index (χ2v) is 4.40. The molecule has 1 heterocycles. The van der Waals surface area contributed by atoms with Crippen molar-refractivity contribution in [3.63, 3.8) is 0 Å². The molecule has 1 aromatic carbocycles. The summed E-state index contributed by atoms with van der Waals surface area (Å²) >= 11 is 6.27. The summed E-state index contributed by atoms with van der Waals surface area (Å²) in [5, 5.41) is 0. The van der Waals surface area contributed by atoms with E-state index in [1.807, 2.05) is 11.8 Å². The number of hydrogen-bond acceptors (Lipinski definition) is 2. The van der Waals surface area contributed by atoms with Gasteiger partial charge in [0.15, 0.2) is 0 Å². The van der Waals surface area contributed by atoms with E-state index in [0.29, 0.717) is 0 Å². The number of fused-ring (bicyclic) bond motifs is 1. The van der Waals surface area contributed by atoms with Crippen LogP contribution in [0.5, 0.6) is 0 Å². The summed E-state index contributed by atoms with van der Waals surface area (Å²) in [6.07, 6.45) is 2.55. The molecular weight excluding hydrogens is 172 g/mol. The van der Waals surface area contributed by atoms with Gasteiger partial charge in [-0.15, -0.1) is 24.4 Å². The van der Waals surface area contributed by atoms with Crippen molar-refractivity contribution in [1.29, 1.82) is 0 Å². The lowest BCUT2D eigenvalue weighted by Crippen LogP contribution is -1.97. The van der Waals surface area contributed by atoms with Gasteiger partial charge in [0, 0.05) is 9.79 Å². The highest BCUT2D eigenvalue weighted by molar-refractivity contribution is 7.99. The van der Waals surface area contributed by atoms with Crippen LogP contribution in [0.1, 0.15) is 12.0 Å². The molecule has 0 unspecified atom stereocenters. The van der Waals surface area contributed by atoms with Crippen LogP contribution in [0.25, 0.3) is 0 Å². The second-order valence-electron chi connectivity index (χ2n) is 2.74. The molecule has 1 aromatic rings. The fraction of sp³-hybridized carbons (Fsp3) is 0.333. The second kappa shape index (κ2) is 3.11. The maximum Gasteiger partial charge on any atom is 0.0105 e. The Hall–Kier alpha value is -0.0800. The van der Waals surface area contributed by atoms with Crippen LogP contribution in [-0.2, 0) is 6.42 Å². The molecule has 0 amide bonds. The number of benzene rings is 1. The minimum absolute atomic E-state index is 1.09. The van der Waals surface area contributed by atoms with E-state index in [-0.39, 0.29) is 0 Å². The molecule has 1 aliphatic rings. The van der Waals surface area contributed by atoms with E-state index in [9.17, 15) is 0 Å². The van der Waals surface area contributed by atoms with Gasteiger partial charge in [0.25, 0.3) is 0 Å². The lowest BCUT2D eigenvalue weighted by atomic mass is 10.1. The highest BCUT2D eigenvalue weighted by Crippen LogP contribution is 2.30. The lowest BCUT2D eigenvalue weighted by Gasteiger charge is -2.14. The van der Waals surface area contributed by atoms with Gasteiger partial charge in [0.05, 0.1) is 0 Å². The van der Waals surface area contributed by atoms with Crippen molar-refractivity contribution in [3.05, 3.63) is 23.8 Å². The number of aryl methyl sites for hydroxylation is 1. The fourth-order valence-electron chi connectivity index (χ4n) is 1.35. The van der Waals surface area contributed by atoms with Crippen molar-refractivity contribution >= 4 is 24.4 Å². The summed E-state index contributed by atoms with van der Waals surface area (Å²) in [6.45, 7) is 0. The van der Waals surface area contributed by atoms with Crippen LogP contribution in [0.3, 0.4) is 0 Å². The average Bonchev–Trinajstić information content (AvgIpc) is 2.04. The summed E-state index contributed by atoms with van der Waals surface area (Å²) in [5.41, 5.74) is 1.48. The average molecular weight is 182 g/mol. The summed E-state index contributed by atoms with van der Waals surface area (Å²) in [6, 6.07) is 6.44. The minimum atomic E-state index is 1.09. The van der Waals surface area contributed by atoms with Crippen LogP contribution in [0, 0.1) is 0 Å². The zero-order valence-corrected chi connectivity index (χ0v) is 7.92. The molecule has 0 nitrogen and oxygen atoms in total. The highest BCUT2D eigenvalue weighted by atomic mass is 32.2. The number of hydrogen-bond donors (Lipinski definition) is 1. The molecule has 11 heavy (non-hydrogen) atoms. The van der Waals surface area contributed by atoms with Crippen molar-refractivity contribution in [1.82, 2.24) is 0 Å². The summed E-state index contributed by atoms with van der Waals surface area (Å²) in [5.74, 6) is 1.28. The molecule has 0 radical (unpaired) electrons. The van der Waals surface area contributed by atoms with E-state index in [1.54, 1.807) is 0 Å². The van der Waals surface area contributed by atoms with Crippen LogP contribution in [-0.4, -0.2) is 5.75 Å². The third kappa shape index (κ3) is 1.57. The van der Waals surface area contributed by atoms with Crippen LogP contribution >= 0.6 is 24.4 Å². The van der Waals surface area contributed by atoms with Gasteiger partial charge < -0.3 is 0 Å². The summed E-state index contributed by atoms with van der Waals surface area (Å²) < 4.78 is 0. The third-order valence-electron chi connectivity index (χ3n) is 1.89.